The lowest BCUT2D eigenvalue weighted by atomic mass is 10.1. The highest BCUT2D eigenvalue weighted by atomic mass is 35.5. The zero-order valence-electron chi connectivity index (χ0n) is 10.8. The van der Waals surface area contributed by atoms with Crippen molar-refractivity contribution in [2.75, 3.05) is 32.9 Å². The summed E-state index contributed by atoms with van der Waals surface area (Å²) < 4.78 is 17.0. The standard InChI is InChI=1S/C14H18ClNO3/c15-12-5-10-1-3-19-14(10)11(6-12)8-17-9-13-7-16-2-4-18-13/h5-6,13,16H,1-4,7-9H2. The zero-order chi connectivity index (χ0) is 13.1. The van der Waals surface area contributed by atoms with Gasteiger partial charge in [0.2, 0.25) is 0 Å². The van der Waals surface area contributed by atoms with Crippen LogP contribution in [0.3, 0.4) is 0 Å². The average Bonchev–Trinajstić information content (AvgIpc) is 2.88. The minimum atomic E-state index is 0.141. The van der Waals surface area contributed by atoms with Gasteiger partial charge in [-0.15, -0.1) is 0 Å². The van der Waals surface area contributed by atoms with E-state index in [0.29, 0.717) is 13.2 Å². The first-order chi connectivity index (χ1) is 9.33. The molecule has 1 N–H and O–H groups in total. The third-order valence-electron chi connectivity index (χ3n) is 3.39. The molecule has 3 rings (SSSR count). The number of halogens is 1. The first kappa shape index (κ1) is 13.2. The zero-order valence-corrected chi connectivity index (χ0v) is 11.5. The molecule has 0 aliphatic carbocycles. The Morgan fingerprint density at radius 2 is 2.32 bits per heavy atom. The molecule has 0 saturated carbocycles. The molecule has 19 heavy (non-hydrogen) atoms. The van der Waals surface area contributed by atoms with Crippen molar-refractivity contribution >= 4 is 11.6 Å². The highest BCUT2D eigenvalue weighted by Gasteiger charge is 2.18. The molecule has 0 amide bonds. The third kappa shape index (κ3) is 3.20. The number of rotatable bonds is 4. The van der Waals surface area contributed by atoms with E-state index in [9.17, 15) is 0 Å². The number of hydrogen-bond donors (Lipinski definition) is 1. The Bertz CT molecular complexity index is 447. The van der Waals surface area contributed by atoms with Crippen LogP contribution >= 0.6 is 11.6 Å². The number of benzene rings is 1. The van der Waals surface area contributed by atoms with E-state index in [1.807, 2.05) is 12.1 Å². The van der Waals surface area contributed by atoms with E-state index in [4.69, 9.17) is 25.8 Å². The van der Waals surface area contributed by atoms with Gasteiger partial charge in [0.25, 0.3) is 0 Å². The van der Waals surface area contributed by atoms with Gasteiger partial charge in [-0.2, -0.15) is 0 Å². The molecule has 1 unspecified atom stereocenters. The molecule has 2 aliphatic heterocycles. The summed E-state index contributed by atoms with van der Waals surface area (Å²) in [6.07, 6.45) is 1.07. The fourth-order valence-electron chi connectivity index (χ4n) is 2.48. The number of hydrogen-bond acceptors (Lipinski definition) is 4. The molecule has 1 atom stereocenters. The van der Waals surface area contributed by atoms with Crippen LogP contribution in [-0.2, 0) is 22.5 Å². The van der Waals surface area contributed by atoms with E-state index in [2.05, 4.69) is 5.32 Å². The molecular weight excluding hydrogens is 266 g/mol. The molecule has 1 aromatic carbocycles. The fourth-order valence-corrected chi connectivity index (χ4v) is 2.74. The van der Waals surface area contributed by atoms with E-state index < -0.39 is 0 Å². The van der Waals surface area contributed by atoms with Crippen molar-refractivity contribution in [2.24, 2.45) is 0 Å². The van der Waals surface area contributed by atoms with Crippen molar-refractivity contribution < 1.29 is 14.2 Å². The second-order valence-corrected chi connectivity index (χ2v) is 5.30. The highest BCUT2D eigenvalue weighted by Crippen LogP contribution is 2.33. The minimum Gasteiger partial charge on any atom is -0.493 e. The predicted octanol–water partition coefficient (Wildman–Crippen LogP) is 1.78. The number of fused-ring (bicyclic) bond motifs is 1. The maximum atomic E-state index is 6.11. The average molecular weight is 284 g/mol. The Labute approximate surface area is 118 Å². The molecular formula is C14H18ClNO3. The van der Waals surface area contributed by atoms with Gasteiger partial charge in [-0.05, 0) is 17.7 Å². The number of ether oxygens (including phenoxy) is 3. The van der Waals surface area contributed by atoms with Crippen LogP contribution in [0.4, 0.5) is 0 Å². The summed E-state index contributed by atoms with van der Waals surface area (Å²) in [7, 11) is 0. The molecule has 0 radical (unpaired) electrons. The van der Waals surface area contributed by atoms with Gasteiger partial charge < -0.3 is 19.5 Å². The SMILES string of the molecule is Clc1cc2c(c(COCC3CNCCO3)c1)OCC2. The summed E-state index contributed by atoms with van der Waals surface area (Å²) in [6.45, 7) is 4.37. The summed E-state index contributed by atoms with van der Waals surface area (Å²) in [5.41, 5.74) is 2.21. The molecule has 1 saturated heterocycles. The van der Waals surface area contributed by atoms with Crippen LogP contribution in [0, 0.1) is 0 Å². The Morgan fingerprint density at radius 1 is 1.37 bits per heavy atom. The molecule has 0 aromatic heterocycles. The third-order valence-corrected chi connectivity index (χ3v) is 3.61. The second-order valence-electron chi connectivity index (χ2n) is 4.86. The molecule has 1 aromatic rings. The maximum Gasteiger partial charge on any atom is 0.128 e. The van der Waals surface area contributed by atoms with Gasteiger partial charge in [0.15, 0.2) is 0 Å². The van der Waals surface area contributed by atoms with Gasteiger partial charge in [-0.3, -0.25) is 0 Å². The van der Waals surface area contributed by atoms with Crippen molar-refractivity contribution in [1.82, 2.24) is 5.32 Å². The van der Waals surface area contributed by atoms with Gasteiger partial charge >= 0.3 is 0 Å². The Balaban J connectivity index is 1.57. The van der Waals surface area contributed by atoms with E-state index in [0.717, 1.165) is 49.1 Å². The van der Waals surface area contributed by atoms with Crippen molar-refractivity contribution in [3.63, 3.8) is 0 Å². The van der Waals surface area contributed by atoms with Crippen LogP contribution in [0.2, 0.25) is 5.02 Å². The summed E-state index contributed by atoms with van der Waals surface area (Å²) in [6, 6.07) is 3.90. The number of nitrogens with one attached hydrogen (secondary N) is 1. The first-order valence-corrected chi connectivity index (χ1v) is 7.05. The van der Waals surface area contributed by atoms with Gasteiger partial charge in [-0.25, -0.2) is 0 Å². The number of morpholine rings is 1. The first-order valence-electron chi connectivity index (χ1n) is 6.67. The van der Waals surface area contributed by atoms with Crippen molar-refractivity contribution in [2.45, 2.75) is 19.1 Å². The van der Waals surface area contributed by atoms with Crippen molar-refractivity contribution in [1.29, 1.82) is 0 Å². The van der Waals surface area contributed by atoms with Gasteiger partial charge in [-0.1, -0.05) is 11.6 Å². The lowest BCUT2D eigenvalue weighted by Crippen LogP contribution is -2.40. The van der Waals surface area contributed by atoms with Crippen LogP contribution in [-0.4, -0.2) is 39.0 Å². The quantitative estimate of drug-likeness (QED) is 0.914. The molecule has 0 spiro atoms. The Kier molecular flexibility index (Phi) is 4.23. The monoisotopic (exact) mass is 283 g/mol. The summed E-state index contributed by atoms with van der Waals surface area (Å²) in [5.74, 6) is 0.951. The van der Waals surface area contributed by atoms with Crippen LogP contribution in [0.5, 0.6) is 5.75 Å². The minimum absolute atomic E-state index is 0.141. The van der Waals surface area contributed by atoms with E-state index in [1.165, 1.54) is 5.56 Å². The topological polar surface area (TPSA) is 39.7 Å². The molecule has 1 fully saturated rings. The summed E-state index contributed by atoms with van der Waals surface area (Å²) >= 11 is 6.11. The molecule has 0 bridgehead atoms. The van der Waals surface area contributed by atoms with Crippen LogP contribution < -0.4 is 10.1 Å². The predicted molar refractivity (Wildman–Crippen MR) is 72.9 cm³/mol. The molecule has 4 nitrogen and oxygen atoms in total. The van der Waals surface area contributed by atoms with Gasteiger partial charge in [0, 0.05) is 30.1 Å². The van der Waals surface area contributed by atoms with Crippen LogP contribution in [0.15, 0.2) is 12.1 Å². The van der Waals surface area contributed by atoms with Gasteiger partial charge in [0.05, 0.1) is 32.5 Å². The van der Waals surface area contributed by atoms with E-state index in [1.54, 1.807) is 0 Å². The lowest BCUT2D eigenvalue weighted by Gasteiger charge is -2.23. The Hall–Kier alpha value is -0.810. The second kappa shape index (κ2) is 6.09. The molecule has 104 valence electrons. The maximum absolute atomic E-state index is 6.11. The summed E-state index contributed by atoms with van der Waals surface area (Å²) in [4.78, 5) is 0. The fraction of sp³-hybridized carbons (Fsp3) is 0.571. The van der Waals surface area contributed by atoms with E-state index in [-0.39, 0.29) is 6.10 Å². The smallest absolute Gasteiger partial charge is 0.128 e. The van der Waals surface area contributed by atoms with Crippen molar-refractivity contribution in [3.05, 3.63) is 28.3 Å². The highest BCUT2D eigenvalue weighted by molar-refractivity contribution is 6.30. The Morgan fingerprint density at radius 3 is 3.16 bits per heavy atom. The lowest BCUT2D eigenvalue weighted by molar-refractivity contribution is -0.0360. The van der Waals surface area contributed by atoms with Crippen LogP contribution in [0.25, 0.3) is 0 Å². The van der Waals surface area contributed by atoms with Crippen LogP contribution in [0.1, 0.15) is 11.1 Å². The van der Waals surface area contributed by atoms with E-state index >= 15 is 0 Å². The summed E-state index contributed by atoms with van der Waals surface area (Å²) in [5, 5.41) is 4.03. The molecule has 2 aliphatic rings. The molecule has 2 heterocycles. The van der Waals surface area contributed by atoms with Gasteiger partial charge in [0.1, 0.15) is 5.75 Å². The largest absolute Gasteiger partial charge is 0.493 e. The van der Waals surface area contributed by atoms with Crippen molar-refractivity contribution in [3.8, 4) is 5.75 Å². The molecule has 5 heteroatoms. The normalized spacial score (nSPS) is 22.1.